The zero-order valence-corrected chi connectivity index (χ0v) is 49.7. The number of rotatable bonds is 59. The van der Waals surface area contributed by atoms with Crippen LogP contribution in [0.25, 0.3) is 0 Å². The van der Waals surface area contributed by atoms with Crippen LogP contribution in [-0.4, -0.2) is 84.6 Å². The molecule has 0 aliphatic heterocycles. The van der Waals surface area contributed by atoms with Gasteiger partial charge < -0.3 is 24.9 Å². The van der Waals surface area contributed by atoms with Gasteiger partial charge in [-0.3, -0.25) is 13.8 Å². The summed E-state index contributed by atoms with van der Waals surface area (Å²) in [7, 11) is 1.43. The topological polar surface area (TPSA) is 125 Å². The molecule has 0 radical (unpaired) electrons. The summed E-state index contributed by atoms with van der Waals surface area (Å²) in [6.45, 7) is 4.62. The zero-order valence-electron chi connectivity index (χ0n) is 48.8. The summed E-state index contributed by atoms with van der Waals surface area (Å²) in [5.41, 5.74) is 0. The Morgan fingerprint density at radius 3 is 1.11 bits per heavy atom. The van der Waals surface area contributed by atoms with Crippen LogP contribution >= 0.6 is 7.82 Å². The molecule has 0 bridgehead atoms. The van der Waals surface area contributed by atoms with Gasteiger partial charge in [-0.05, 0) is 38.5 Å². The molecule has 0 rings (SSSR count). The van der Waals surface area contributed by atoms with Gasteiger partial charge in [-0.2, -0.15) is 0 Å². The smallest absolute Gasteiger partial charge is 0.390 e. The summed E-state index contributed by atoms with van der Waals surface area (Å²) in [4.78, 5) is 23.3. The minimum absolute atomic E-state index is 0.0196. The molecule has 0 saturated carbocycles. The van der Waals surface area contributed by atoms with Crippen LogP contribution < -0.4 is 5.32 Å². The minimum Gasteiger partial charge on any atom is -0.390 e. The molecular weight excluding hydrogens is 916 g/mol. The van der Waals surface area contributed by atoms with Gasteiger partial charge in [-0.15, -0.1) is 0 Å². The number of carbonyl (C=O) groups is 1. The highest BCUT2D eigenvalue weighted by Crippen LogP contribution is 2.43. The van der Waals surface area contributed by atoms with E-state index in [2.05, 4.69) is 31.3 Å². The van der Waals surface area contributed by atoms with E-state index in [0.717, 1.165) is 32.1 Å². The standard InChI is InChI=1S/C62H125N2O7P/c1-6-8-10-12-14-16-18-20-21-22-23-24-25-26-27-28-29-30-31-32-33-34-35-36-37-38-39-40-41-42-43-45-47-49-51-53-55-61(66)63-59(58-71-72(68,69)70-57-56-64(3,4)5)62(67)60(65)54-52-50-48-46-44-19-17-15-13-11-9-7-2/h46,48,59-60,62,65,67H,6-45,47,49-58H2,1-5H3,(H-,63,66,68,69)/p+1/b48-46+. The molecule has 4 unspecified atom stereocenters. The van der Waals surface area contributed by atoms with E-state index in [0.29, 0.717) is 30.3 Å². The van der Waals surface area contributed by atoms with Crippen LogP contribution in [0.4, 0.5) is 0 Å². The number of quaternary nitrogens is 1. The average molecular weight is 1040 g/mol. The fourth-order valence-corrected chi connectivity index (χ4v) is 10.6. The number of amides is 1. The van der Waals surface area contributed by atoms with Gasteiger partial charge in [-0.1, -0.05) is 289 Å². The Kier molecular flexibility index (Phi) is 53.0. The molecule has 0 aromatic heterocycles. The number of unbranched alkanes of at least 4 members (excludes halogenated alkanes) is 43. The molecule has 0 aliphatic rings. The number of likely N-dealkylation sites (N-methyl/N-ethyl adjacent to an activating group) is 1. The maximum atomic E-state index is 13.0. The van der Waals surface area contributed by atoms with Gasteiger partial charge in [0.2, 0.25) is 5.91 Å². The number of carbonyl (C=O) groups excluding carboxylic acids is 1. The Hall–Kier alpha value is -0.800. The summed E-state index contributed by atoms with van der Waals surface area (Å²) < 4.78 is 23.6. The van der Waals surface area contributed by atoms with Gasteiger partial charge in [0, 0.05) is 6.42 Å². The van der Waals surface area contributed by atoms with E-state index >= 15 is 0 Å². The maximum absolute atomic E-state index is 13.0. The van der Waals surface area contributed by atoms with Crippen LogP contribution in [-0.2, 0) is 18.4 Å². The lowest BCUT2D eigenvalue weighted by molar-refractivity contribution is -0.870. The summed E-state index contributed by atoms with van der Waals surface area (Å²) in [5.74, 6) is -0.261. The Morgan fingerprint density at radius 2 is 0.778 bits per heavy atom. The van der Waals surface area contributed by atoms with E-state index in [4.69, 9.17) is 9.05 Å². The highest BCUT2D eigenvalue weighted by atomic mass is 31.2. The molecule has 0 aromatic carbocycles. The van der Waals surface area contributed by atoms with Crippen molar-refractivity contribution < 1.29 is 38.0 Å². The Bertz CT molecular complexity index is 1200. The van der Waals surface area contributed by atoms with Crippen molar-refractivity contribution in [3.8, 4) is 0 Å². The Labute approximate surface area is 448 Å². The Morgan fingerprint density at radius 1 is 0.472 bits per heavy atom. The van der Waals surface area contributed by atoms with Crippen molar-refractivity contribution in [1.29, 1.82) is 0 Å². The lowest BCUT2D eigenvalue weighted by Crippen LogP contribution is -2.51. The number of phosphoric acid groups is 1. The summed E-state index contributed by atoms with van der Waals surface area (Å²) in [6.07, 6.45) is 63.5. The first-order valence-electron chi connectivity index (χ1n) is 31.6. The van der Waals surface area contributed by atoms with E-state index < -0.39 is 32.7 Å². The SMILES string of the molecule is CCCCCCCCC/C=C/CCCC(O)C(O)C(COP(=O)(O)OCC[N+](C)(C)C)NC(=O)CCCCCCCCCCCCCCCCCCCCCCCCCCCCCCCCCCCCCC. The van der Waals surface area contributed by atoms with Gasteiger partial charge in [0.05, 0.1) is 39.9 Å². The maximum Gasteiger partial charge on any atom is 0.472 e. The molecule has 0 aromatic rings. The predicted octanol–water partition coefficient (Wildman–Crippen LogP) is 18.4. The van der Waals surface area contributed by atoms with Crippen molar-refractivity contribution in [2.75, 3.05) is 40.9 Å². The number of phosphoric ester groups is 1. The molecule has 72 heavy (non-hydrogen) atoms. The highest BCUT2D eigenvalue weighted by molar-refractivity contribution is 7.47. The molecule has 1 amide bonds. The highest BCUT2D eigenvalue weighted by Gasteiger charge is 2.32. The van der Waals surface area contributed by atoms with Crippen LogP contribution in [0.2, 0.25) is 0 Å². The van der Waals surface area contributed by atoms with Gasteiger partial charge in [0.25, 0.3) is 0 Å². The van der Waals surface area contributed by atoms with E-state index in [-0.39, 0.29) is 12.5 Å². The largest absolute Gasteiger partial charge is 0.472 e. The van der Waals surface area contributed by atoms with Crippen molar-refractivity contribution >= 4 is 13.7 Å². The molecule has 0 fully saturated rings. The van der Waals surface area contributed by atoms with Gasteiger partial charge in [0.15, 0.2) is 0 Å². The van der Waals surface area contributed by atoms with Crippen LogP contribution in [0.3, 0.4) is 0 Å². The van der Waals surface area contributed by atoms with Gasteiger partial charge in [0.1, 0.15) is 19.3 Å². The third-order valence-electron chi connectivity index (χ3n) is 14.9. The summed E-state index contributed by atoms with van der Waals surface area (Å²) in [5, 5.41) is 24.8. The van der Waals surface area contributed by atoms with Crippen molar-refractivity contribution in [3.63, 3.8) is 0 Å². The molecule has 0 heterocycles. The third-order valence-corrected chi connectivity index (χ3v) is 15.8. The number of aliphatic hydroxyl groups is 2. The van der Waals surface area contributed by atoms with Gasteiger partial charge >= 0.3 is 7.82 Å². The lowest BCUT2D eigenvalue weighted by atomic mass is 10.0. The predicted molar refractivity (Wildman–Crippen MR) is 311 cm³/mol. The molecule has 4 N–H and O–H groups in total. The number of nitrogens with zero attached hydrogens (tertiary/aromatic N) is 1. The number of aliphatic hydroxyl groups excluding tert-OH is 2. The molecule has 430 valence electrons. The third kappa shape index (κ3) is 54.0. The zero-order chi connectivity index (χ0) is 52.9. The Balaban J connectivity index is 3.94. The first-order valence-corrected chi connectivity index (χ1v) is 33.1. The summed E-state index contributed by atoms with van der Waals surface area (Å²) in [6, 6.07) is -1.05. The van der Waals surface area contributed by atoms with Crippen LogP contribution in [0.5, 0.6) is 0 Å². The molecule has 4 atom stereocenters. The molecule has 0 aliphatic carbocycles. The molecular formula is C62H126N2O7P+. The van der Waals surface area contributed by atoms with Crippen molar-refractivity contribution in [2.24, 2.45) is 0 Å². The second-order valence-electron chi connectivity index (χ2n) is 23.3. The second kappa shape index (κ2) is 53.6. The van der Waals surface area contributed by atoms with E-state index in [9.17, 15) is 24.5 Å². The van der Waals surface area contributed by atoms with E-state index in [1.54, 1.807) is 0 Å². The van der Waals surface area contributed by atoms with Crippen LogP contribution in [0.15, 0.2) is 12.2 Å². The minimum atomic E-state index is -4.43. The molecule has 0 spiro atoms. The summed E-state index contributed by atoms with van der Waals surface area (Å²) >= 11 is 0. The van der Waals surface area contributed by atoms with Gasteiger partial charge in [-0.25, -0.2) is 4.57 Å². The van der Waals surface area contributed by atoms with Crippen LogP contribution in [0.1, 0.15) is 322 Å². The fraction of sp³-hybridized carbons (Fsp3) is 0.952. The quantitative estimate of drug-likeness (QED) is 0.0207. The first kappa shape index (κ1) is 71.2. The van der Waals surface area contributed by atoms with Crippen molar-refractivity contribution in [1.82, 2.24) is 5.32 Å². The monoisotopic (exact) mass is 1040 g/mol. The van der Waals surface area contributed by atoms with Crippen molar-refractivity contribution in [3.05, 3.63) is 12.2 Å². The molecule has 10 heteroatoms. The number of hydrogen-bond donors (Lipinski definition) is 4. The van der Waals surface area contributed by atoms with E-state index in [1.807, 2.05) is 21.1 Å². The van der Waals surface area contributed by atoms with E-state index in [1.165, 1.54) is 257 Å². The number of allylic oxidation sites excluding steroid dienone is 2. The van der Waals surface area contributed by atoms with Crippen LogP contribution in [0, 0.1) is 0 Å². The lowest BCUT2D eigenvalue weighted by Gasteiger charge is -2.28. The number of nitrogens with one attached hydrogen (secondary N) is 1. The first-order chi connectivity index (χ1) is 34.9. The van der Waals surface area contributed by atoms with Crippen molar-refractivity contribution in [2.45, 2.75) is 340 Å². The number of hydrogen-bond acceptors (Lipinski definition) is 6. The fourth-order valence-electron chi connectivity index (χ4n) is 9.85. The molecule has 0 saturated heterocycles. The molecule has 9 nitrogen and oxygen atoms in total. The second-order valence-corrected chi connectivity index (χ2v) is 24.7. The average Bonchev–Trinajstić information content (AvgIpc) is 3.34. The normalized spacial score (nSPS) is 14.3.